The fourth-order valence-corrected chi connectivity index (χ4v) is 1.80. The molecule has 0 heterocycles. The molecule has 0 aliphatic rings. The van der Waals surface area contributed by atoms with Crippen LogP contribution in [0, 0.1) is 40.8 Å². The number of benzene rings is 2. The van der Waals surface area contributed by atoms with Crippen molar-refractivity contribution in [1.29, 1.82) is 0 Å². The van der Waals surface area contributed by atoms with Gasteiger partial charge in [0.05, 0.1) is 0 Å². The van der Waals surface area contributed by atoms with Crippen molar-refractivity contribution in [3.05, 3.63) is 85.6 Å². The minimum Gasteiger partial charge on any atom is -0.358 e. The maximum Gasteiger partial charge on any atom is 0 e. The molecule has 0 nitrogen and oxygen atoms in total. The molecule has 2 aromatic carbocycles. The number of aryl methyl sites for hydroxylation is 4. The molecule has 0 spiro atoms. The van der Waals surface area contributed by atoms with Crippen LogP contribution in [0.5, 0.6) is 0 Å². The van der Waals surface area contributed by atoms with Gasteiger partial charge in [-0.3, -0.25) is 0 Å². The van der Waals surface area contributed by atoms with Crippen LogP contribution in [0.25, 0.3) is 0 Å². The SMILES string of the molecule is CCC.CCC.CCc1c[c-]cc(C)c1.CCc1cc[c-]cc1C.[CH3-].[CH3-].[Y].[Y]. The van der Waals surface area contributed by atoms with Crippen molar-refractivity contribution in [3.63, 3.8) is 0 Å². The monoisotopic (exact) mass is 534 g/mol. The second-order valence-corrected chi connectivity index (χ2v) is 5.89. The predicted octanol–water partition coefficient (Wildman–Crippen LogP) is 8.44. The first-order chi connectivity index (χ1) is 11.5. The molecule has 2 radical (unpaired) electrons. The third kappa shape index (κ3) is 26.6. The van der Waals surface area contributed by atoms with Gasteiger partial charge in [0, 0.05) is 65.4 Å². The predicted molar refractivity (Wildman–Crippen MR) is 124 cm³/mol. The molecule has 0 saturated heterocycles. The van der Waals surface area contributed by atoms with Crippen LogP contribution < -0.4 is 0 Å². The third-order valence-corrected chi connectivity index (χ3v) is 2.97. The van der Waals surface area contributed by atoms with Gasteiger partial charge in [-0.25, -0.2) is 0 Å². The van der Waals surface area contributed by atoms with E-state index in [2.05, 4.69) is 79.7 Å². The topological polar surface area (TPSA) is 0 Å². The Labute approximate surface area is 229 Å². The normalized spacial score (nSPS) is 7.43. The van der Waals surface area contributed by atoms with Gasteiger partial charge < -0.3 is 14.9 Å². The molecule has 0 aliphatic carbocycles. The first-order valence-corrected chi connectivity index (χ1v) is 9.42. The first-order valence-electron chi connectivity index (χ1n) is 9.42. The minimum atomic E-state index is 0. The van der Waals surface area contributed by atoms with Crippen LogP contribution in [-0.4, -0.2) is 0 Å². The maximum absolute atomic E-state index is 3.08. The van der Waals surface area contributed by atoms with E-state index >= 15 is 0 Å². The number of hydrogen-bond donors (Lipinski definition) is 0. The smallest absolute Gasteiger partial charge is 0 e. The van der Waals surface area contributed by atoms with Gasteiger partial charge in [0.25, 0.3) is 0 Å². The molecule has 0 fully saturated rings. The van der Waals surface area contributed by atoms with Crippen LogP contribution in [0.1, 0.15) is 76.6 Å². The summed E-state index contributed by atoms with van der Waals surface area (Å²) in [5, 5.41) is 0. The largest absolute Gasteiger partial charge is 0.358 e. The number of rotatable bonds is 2. The van der Waals surface area contributed by atoms with Crippen molar-refractivity contribution in [1.82, 2.24) is 0 Å². The van der Waals surface area contributed by atoms with Gasteiger partial charge in [0.2, 0.25) is 0 Å². The quantitative estimate of drug-likeness (QED) is 0.339. The summed E-state index contributed by atoms with van der Waals surface area (Å²) >= 11 is 0. The van der Waals surface area contributed by atoms with Crippen molar-refractivity contribution in [2.75, 3.05) is 0 Å². The Bertz CT molecular complexity index is 505. The summed E-state index contributed by atoms with van der Waals surface area (Å²) in [5.74, 6) is 0. The standard InChI is InChI=1S/2C9H11.2C3H8.2CH3.2Y/c1-3-9-6-4-5-8(2)7-9;1-3-9-7-5-4-6-8(9)2;2*1-3-2;;;;/h2*5-7H,3H2,1-2H3;2*3H2,1-2H3;2*1H3;;/q2*-1;;;2*-1;;. The Morgan fingerprint density at radius 2 is 1.21 bits per heavy atom. The molecule has 0 saturated carbocycles. The summed E-state index contributed by atoms with van der Waals surface area (Å²) in [4.78, 5) is 0. The van der Waals surface area contributed by atoms with Gasteiger partial charge in [-0.1, -0.05) is 81.1 Å². The van der Waals surface area contributed by atoms with Gasteiger partial charge in [0.15, 0.2) is 0 Å². The minimum absolute atomic E-state index is 0. The Kier molecular flexibility index (Phi) is 49.3. The summed E-state index contributed by atoms with van der Waals surface area (Å²) in [6.07, 6.45) is 4.73. The Hall–Kier alpha value is 0.648. The molecule has 0 amide bonds. The average molecular weight is 534 g/mol. The van der Waals surface area contributed by atoms with Gasteiger partial charge in [-0.15, -0.1) is 0 Å². The molecule has 0 N–H and O–H groups in total. The fourth-order valence-electron chi connectivity index (χ4n) is 1.80. The molecule has 2 aromatic rings. The Balaban J connectivity index is -0.0000000609. The number of hydrogen-bond acceptors (Lipinski definition) is 0. The molecular formula is C26H44Y2-4. The molecule has 2 rings (SSSR count). The van der Waals surface area contributed by atoms with Crippen LogP contribution in [0.15, 0.2) is 36.4 Å². The molecule has 28 heavy (non-hydrogen) atoms. The van der Waals surface area contributed by atoms with Crippen LogP contribution in [0.3, 0.4) is 0 Å². The van der Waals surface area contributed by atoms with Crippen molar-refractivity contribution in [2.24, 2.45) is 0 Å². The molecule has 0 bridgehead atoms. The van der Waals surface area contributed by atoms with Crippen LogP contribution >= 0.6 is 0 Å². The van der Waals surface area contributed by atoms with Crippen molar-refractivity contribution >= 4 is 0 Å². The molecule has 158 valence electrons. The van der Waals surface area contributed by atoms with Gasteiger partial charge in [0.1, 0.15) is 0 Å². The molecular weight excluding hydrogens is 490 g/mol. The molecule has 2 heteroatoms. The zero-order chi connectivity index (χ0) is 18.8. The summed E-state index contributed by atoms with van der Waals surface area (Å²) in [5.41, 5.74) is 5.44. The van der Waals surface area contributed by atoms with Gasteiger partial charge in [-0.2, -0.15) is 70.8 Å². The van der Waals surface area contributed by atoms with Crippen LogP contribution in [0.2, 0.25) is 0 Å². The van der Waals surface area contributed by atoms with Crippen LogP contribution in [0.4, 0.5) is 0 Å². The van der Waals surface area contributed by atoms with E-state index in [1.807, 2.05) is 24.3 Å². The summed E-state index contributed by atoms with van der Waals surface area (Å²) in [7, 11) is 0. The molecule has 0 aromatic heterocycles. The maximum atomic E-state index is 3.08. The van der Waals surface area contributed by atoms with E-state index < -0.39 is 0 Å². The summed E-state index contributed by atoms with van der Waals surface area (Å²) in [6.45, 7) is 17.0. The third-order valence-electron chi connectivity index (χ3n) is 2.97. The molecule has 0 aliphatic heterocycles. The zero-order valence-electron chi connectivity index (χ0n) is 20.4. The van der Waals surface area contributed by atoms with E-state index in [1.54, 1.807) is 0 Å². The van der Waals surface area contributed by atoms with E-state index in [0.29, 0.717) is 0 Å². The van der Waals surface area contributed by atoms with E-state index in [-0.39, 0.29) is 80.3 Å². The van der Waals surface area contributed by atoms with Gasteiger partial charge in [-0.05, 0) is 0 Å². The Morgan fingerprint density at radius 1 is 0.714 bits per heavy atom. The van der Waals surface area contributed by atoms with E-state index in [0.717, 1.165) is 12.8 Å². The Morgan fingerprint density at radius 3 is 1.50 bits per heavy atom. The summed E-state index contributed by atoms with van der Waals surface area (Å²) < 4.78 is 0. The molecule has 0 atom stereocenters. The van der Waals surface area contributed by atoms with E-state index in [1.165, 1.54) is 35.1 Å². The fraction of sp³-hybridized carbons (Fsp3) is 0.462. The van der Waals surface area contributed by atoms with E-state index in [9.17, 15) is 0 Å². The zero-order valence-corrected chi connectivity index (χ0v) is 26.1. The second-order valence-electron chi connectivity index (χ2n) is 5.89. The average Bonchev–Trinajstić information content (AvgIpc) is 2.57. The molecule has 0 unspecified atom stereocenters. The van der Waals surface area contributed by atoms with Crippen molar-refractivity contribution in [2.45, 2.75) is 81.1 Å². The van der Waals surface area contributed by atoms with Gasteiger partial charge >= 0.3 is 0 Å². The second kappa shape index (κ2) is 32.3. The van der Waals surface area contributed by atoms with Crippen molar-refractivity contribution in [3.8, 4) is 0 Å². The van der Waals surface area contributed by atoms with Crippen molar-refractivity contribution < 1.29 is 65.4 Å². The van der Waals surface area contributed by atoms with Crippen LogP contribution in [-0.2, 0) is 78.3 Å². The summed E-state index contributed by atoms with van der Waals surface area (Å²) in [6, 6.07) is 18.5. The first kappa shape index (κ1) is 42.7. The van der Waals surface area contributed by atoms with E-state index in [4.69, 9.17) is 0 Å².